The molecule has 1 aromatic carbocycles. The van der Waals surface area contributed by atoms with E-state index in [0.717, 1.165) is 18.4 Å². The fourth-order valence-corrected chi connectivity index (χ4v) is 4.14. The number of piperidine rings is 1. The van der Waals surface area contributed by atoms with Crippen molar-refractivity contribution in [2.24, 2.45) is 5.41 Å². The number of phenolic OH excluding ortho intramolecular Hbond substituents is 1. The van der Waals surface area contributed by atoms with Crippen LogP contribution in [0.1, 0.15) is 62.4 Å². The molecule has 0 saturated carbocycles. The number of aliphatic hydroxyl groups excluding tert-OH is 1. The normalized spacial score (nSPS) is 26.1. The van der Waals surface area contributed by atoms with Crippen molar-refractivity contribution in [3.8, 4) is 5.75 Å². The molecule has 1 amide bonds. The van der Waals surface area contributed by atoms with Crippen LogP contribution in [-0.4, -0.2) is 51.9 Å². The molecule has 5 heteroatoms. The van der Waals surface area contributed by atoms with Gasteiger partial charge in [0.25, 0.3) is 5.91 Å². The third-order valence-corrected chi connectivity index (χ3v) is 5.87. The van der Waals surface area contributed by atoms with Crippen LogP contribution in [0.3, 0.4) is 0 Å². The number of rotatable bonds is 1. The highest BCUT2D eigenvalue weighted by molar-refractivity contribution is 5.96. The number of aliphatic hydroxyl groups is 1. The lowest BCUT2D eigenvalue weighted by Crippen LogP contribution is -2.55. The average molecular weight is 361 g/mol. The van der Waals surface area contributed by atoms with Gasteiger partial charge in [0, 0.05) is 31.5 Å². The second-order valence-corrected chi connectivity index (χ2v) is 9.04. The molecule has 2 fully saturated rings. The van der Waals surface area contributed by atoms with E-state index in [1.54, 1.807) is 18.2 Å². The molecule has 0 radical (unpaired) electrons. The Morgan fingerprint density at radius 1 is 1.27 bits per heavy atom. The standard InChI is InChI=1S/C21H31NO4/c1-14-5-6-15(23)11-17(14)19(25)22-9-7-21(8-10-22)13-16(24)12-18(26-21)20(2,3)4/h5-6,11,16,18,23-24H,7-10,12-13H2,1-4H3/t16-,18-/m1/s1. The molecule has 2 saturated heterocycles. The highest BCUT2D eigenvalue weighted by Gasteiger charge is 2.46. The van der Waals surface area contributed by atoms with E-state index in [4.69, 9.17) is 4.74 Å². The maximum absolute atomic E-state index is 12.9. The monoisotopic (exact) mass is 361 g/mol. The predicted molar refractivity (Wildman–Crippen MR) is 100 cm³/mol. The molecule has 2 N–H and O–H groups in total. The molecule has 0 aliphatic carbocycles. The third-order valence-electron chi connectivity index (χ3n) is 5.87. The van der Waals surface area contributed by atoms with Gasteiger partial charge < -0.3 is 19.8 Å². The number of carbonyl (C=O) groups is 1. The van der Waals surface area contributed by atoms with E-state index in [9.17, 15) is 15.0 Å². The smallest absolute Gasteiger partial charge is 0.254 e. The largest absolute Gasteiger partial charge is 0.508 e. The number of hydrogen-bond donors (Lipinski definition) is 2. The quantitative estimate of drug-likeness (QED) is 0.805. The van der Waals surface area contributed by atoms with Gasteiger partial charge in [-0.25, -0.2) is 0 Å². The van der Waals surface area contributed by atoms with E-state index in [-0.39, 0.29) is 34.9 Å². The van der Waals surface area contributed by atoms with Crippen LogP contribution in [0.15, 0.2) is 18.2 Å². The van der Waals surface area contributed by atoms with Crippen LogP contribution in [0.25, 0.3) is 0 Å². The third kappa shape index (κ3) is 3.89. The van der Waals surface area contributed by atoms with Crippen molar-refractivity contribution < 1.29 is 19.7 Å². The summed E-state index contributed by atoms with van der Waals surface area (Å²) in [7, 11) is 0. The first kappa shape index (κ1) is 19.2. The first-order chi connectivity index (χ1) is 12.1. The Morgan fingerprint density at radius 2 is 1.92 bits per heavy atom. The Labute approximate surface area is 156 Å². The van der Waals surface area contributed by atoms with E-state index >= 15 is 0 Å². The van der Waals surface area contributed by atoms with Crippen molar-refractivity contribution in [3.63, 3.8) is 0 Å². The zero-order valence-electron chi connectivity index (χ0n) is 16.3. The number of hydrogen-bond acceptors (Lipinski definition) is 4. The molecule has 0 aromatic heterocycles. The number of aromatic hydroxyl groups is 1. The molecule has 0 unspecified atom stereocenters. The summed E-state index contributed by atoms with van der Waals surface area (Å²) in [6, 6.07) is 4.91. The highest BCUT2D eigenvalue weighted by Crippen LogP contribution is 2.42. The first-order valence-corrected chi connectivity index (χ1v) is 9.54. The SMILES string of the molecule is Cc1ccc(O)cc1C(=O)N1CCC2(CC1)C[C@H](O)C[C@H](C(C)(C)C)O2. The van der Waals surface area contributed by atoms with Gasteiger partial charge in [-0.3, -0.25) is 4.79 Å². The molecule has 2 aliphatic heterocycles. The van der Waals surface area contributed by atoms with Gasteiger partial charge in [-0.2, -0.15) is 0 Å². The summed E-state index contributed by atoms with van der Waals surface area (Å²) >= 11 is 0. The van der Waals surface area contributed by atoms with Crippen LogP contribution < -0.4 is 0 Å². The Kier molecular flexibility index (Phi) is 5.06. The highest BCUT2D eigenvalue weighted by atomic mass is 16.5. The minimum atomic E-state index is -0.344. The van der Waals surface area contributed by atoms with E-state index < -0.39 is 0 Å². The van der Waals surface area contributed by atoms with E-state index in [1.807, 2.05) is 11.8 Å². The molecular weight excluding hydrogens is 330 g/mol. The molecule has 1 aromatic rings. The summed E-state index contributed by atoms with van der Waals surface area (Å²) in [5, 5.41) is 20.1. The second kappa shape index (κ2) is 6.86. The van der Waals surface area contributed by atoms with Crippen LogP contribution >= 0.6 is 0 Å². The Bertz CT molecular complexity index is 671. The minimum Gasteiger partial charge on any atom is -0.508 e. The minimum absolute atomic E-state index is 0.0139. The number of carbonyl (C=O) groups excluding carboxylic acids is 1. The van der Waals surface area contributed by atoms with Gasteiger partial charge in [-0.1, -0.05) is 26.8 Å². The van der Waals surface area contributed by atoms with Crippen molar-refractivity contribution in [2.45, 2.75) is 71.2 Å². The summed E-state index contributed by atoms with van der Waals surface area (Å²) in [5.41, 5.74) is 1.07. The zero-order valence-corrected chi connectivity index (χ0v) is 16.3. The lowest BCUT2D eigenvalue weighted by Gasteiger charge is -2.50. The van der Waals surface area contributed by atoms with Gasteiger partial charge in [-0.15, -0.1) is 0 Å². The Hall–Kier alpha value is -1.59. The van der Waals surface area contributed by atoms with Gasteiger partial charge in [0.1, 0.15) is 5.75 Å². The molecule has 3 rings (SSSR count). The average Bonchev–Trinajstić information content (AvgIpc) is 2.56. The topological polar surface area (TPSA) is 70.0 Å². The van der Waals surface area contributed by atoms with Gasteiger partial charge >= 0.3 is 0 Å². The second-order valence-electron chi connectivity index (χ2n) is 9.04. The van der Waals surface area contributed by atoms with Crippen LogP contribution in [0, 0.1) is 12.3 Å². The fraction of sp³-hybridized carbons (Fsp3) is 0.667. The molecule has 1 spiro atoms. The van der Waals surface area contributed by atoms with Crippen LogP contribution in [0.5, 0.6) is 5.75 Å². The maximum Gasteiger partial charge on any atom is 0.254 e. The molecule has 2 atom stereocenters. The number of aryl methyl sites for hydroxylation is 1. The first-order valence-electron chi connectivity index (χ1n) is 9.54. The predicted octanol–water partition coefficient (Wildman–Crippen LogP) is 3.26. The fourth-order valence-electron chi connectivity index (χ4n) is 4.14. The summed E-state index contributed by atoms with van der Waals surface area (Å²) in [6.45, 7) is 9.54. The summed E-state index contributed by atoms with van der Waals surface area (Å²) < 4.78 is 6.49. The number of nitrogens with zero attached hydrogens (tertiary/aromatic N) is 1. The number of likely N-dealkylation sites (tertiary alicyclic amines) is 1. The molecule has 0 bridgehead atoms. The van der Waals surface area contributed by atoms with Crippen molar-refractivity contribution in [2.75, 3.05) is 13.1 Å². The van der Waals surface area contributed by atoms with Gasteiger partial charge in [0.2, 0.25) is 0 Å². The molecule has 2 heterocycles. The Balaban J connectivity index is 1.70. The zero-order chi connectivity index (χ0) is 19.1. The summed E-state index contributed by atoms with van der Waals surface area (Å²) in [6.07, 6.45) is 2.48. The summed E-state index contributed by atoms with van der Waals surface area (Å²) in [5.74, 6) is 0.0659. The lowest BCUT2D eigenvalue weighted by atomic mass is 9.76. The van der Waals surface area contributed by atoms with Crippen LogP contribution in [0.4, 0.5) is 0 Å². The van der Waals surface area contributed by atoms with Crippen molar-refractivity contribution in [1.82, 2.24) is 4.90 Å². The van der Waals surface area contributed by atoms with Crippen LogP contribution in [-0.2, 0) is 4.74 Å². The van der Waals surface area contributed by atoms with Gasteiger partial charge in [0.15, 0.2) is 0 Å². The maximum atomic E-state index is 12.9. The molecule has 144 valence electrons. The van der Waals surface area contributed by atoms with Crippen LogP contribution in [0.2, 0.25) is 0 Å². The Morgan fingerprint density at radius 3 is 2.54 bits per heavy atom. The van der Waals surface area contributed by atoms with Gasteiger partial charge in [0.05, 0.1) is 17.8 Å². The van der Waals surface area contributed by atoms with E-state index in [0.29, 0.717) is 31.5 Å². The van der Waals surface area contributed by atoms with Crippen molar-refractivity contribution >= 4 is 5.91 Å². The summed E-state index contributed by atoms with van der Waals surface area (Å²) in [4.78, 5) is 14.7. The molecular formula is C21H31NO4. The molecule has 26 heavy (non-hydrogen) atoms. The van der Waals surface area contributed by atoms with E-state index in [1.165, 1.54) is 0 Å². The molecule has 2 aliphatic rings. The number of amides is 1. The number of ether oxygens (including phenoxy) is 1. The molecule has 5 nitrogen and oxygen atoms in total. The number of phenols is 1. The van der Waals surface area contributed by atoms with Crippen molar-refractivity contribution in [3.05, 3.63) is 29.3 Å². The van der Waals surface area contributed by atoms with E-state index in [2.05, 4.69) is 20.8 Å². The van der Waals surface area contributed by atoms with Crippen molar-refractivity contribution in [1.29, 1.82) is 0 Å². The number of benzene rings is 1. The van der Waals surface area contributed by atoms with Gasteiger partial charge in [-0.05, 0) is 42.9 Å². The lowest BCUT2D eigenvalue weighted by molar-refractivity contribution is -0.205.